The van der Waals surface area contributed by atoms with Gasteiger partial charge in [0.15, 0.2) is 0 Å². The number of rotatable bonds is 4. The van der Waals surface area contributed by atoms with Crippen LogP contribution >= 0.6 is 0 Å². The first kappa shape index (κ1) is 20.3. The van der Waals surface area contributed by atoms with Crippen LogP contribution in [0.3, 0.4) is 0 Å². The van der Waals surface area contributed by atoms with Crippen molar-refractivity contribution in [3.8, 4) is 11.6 Å². The van der Waals surface area contributed by atoms with E-state index in [1.165, 1.54) is 32.1 Å². The molecule has 5 nitrogen and oxygen atoms in total. The van der Waals surface area contributed by atoms with Crippen LogP contribution in [0.4, 0.5) is 10.5 Å². The molecule has 1 aromatic carbocycles. The Morgan fingerprint density at radius 1 is 0.968 bits per heavy atom. The predicted molar refractivity (Wildman–Crippen MR) is 122 cm³/mol. The van der Waals surface area contributed by atoms with E-state index in [1.54, 1.807) is 6.20 Å². The second-order valence-electron chi connectivity index (χ2n) is 10.8. The zero-order valence-corrected chi connectivity index (χ0v) is 18.7. The third-order valence-corrected chi connectivity index (χ3v) is 7.45. The van der Waals surface area contributed by atoms with Gasteiger partial charge in [-0.2, -0.15) is 0 Å². The number of amides is 2. The van der Waals surface area contributed by atoms with E-state index in [0.717, 1.165) is 23.1 Å². The van der Waals surface area contributed by atoms with Gasteiger partial charge in [0, 0.05) is 17.8 Å². The molecule has 6 rings (SSSR count). The lowest BCUT2D eigenvalue weighted by Gasteiger charge is -2.54. The van der Waals surface area contributed by atoms with Gasteiger partial charge in [-0.1, -0.05) is 39.0 Å². The molecule has 0 aliphatic heterocycles. The number of hydrogen-bond acceptors (Lipinski definition) is 3. The van der Waals surface area contributed by atoms with E-state index < -0.39 is 0 Å². The maximum Gasteiger partial charge on any atom is 0.319 e. The van der Waals surface area contributed by atoms with Crippen molar-refractivity contribution in [2.45, 2.75) is 64.3 Å². The summed E-state index contributed by atoms with van der Waals surface area (Å²) in [5.41, 5.74) is 1.63. The number of carbonyl (C=O) groups excluding carboxylic acids is 1. The van der Waals surface area contributed by atoms with Crippen LogP contribution in [0, 0.1) is 23.7 Å². The number of nitrogens with one attached hydrogen (secondary N) is 2. The van der Waals surface area contributed by atoms with Gasteiger partial charge in [-0.15, -0.1) is 0 Å². The molecular formula is C26H33N3O2. The van der Waals surface area contributed by atoms with Gasteiger partial charge in [0.05, 0.1) is 0 Å². The standard InChI is InChI=1S/C26H33N3O2/c1-26(2,3)20-7-4-5-9-22(20)31-24-21(8-6-10-27-24)28-25(30)29-23-18-12-16-11-17(14-18)15-19(23)13-16/h4-10,16-19,23H,11-15H2,1-3H3,(H2,28,29,30). The molecule has 4 bridgehead atoms. The zero-order valence-electron chi connectivity index (χ0n) is 18.7. The highest BCUT2D eigenvalue weighted by atomic mass is 16.5. The normalized spacial score (nSPS) is 28.9. The van der Waals surface area contributed by atoms with Gasteiger partial charge in [0.1, 0.15) is 11.4 Å². The maximum atomic E-state index is 12.9. The number of para-hydroxylation sites is 1. The molecule has 0 spiro atoms. The van der Waals surface area contributed by atoms with Crippen LogP contribution in [-0.2, 0) is 5.41 Å². The molecule has 4 fully saturated rings. The molecule has 0 unspecified atom stereocenters. The van der Waals surface area contributed by atoms with Crippen molar-refractivity contribution in [1.82, 2.24) is 10.3 Å². The van der Waals surface area contributed by atoms with Crippen LogP contribution in [0.1, 0.15) is 58.4 Å². The number of hydrogen-bond donors (Lipinski definition) is 2. The van der Waals surface area contributed by atoms with Crippen molar-refractivity contribution in [1.29, 1.82) is 0 Å². The van der Waals surface area contributed by atoms with Gasteiger partial charge in [0.25, 0.3) is 0 Å². The molecule has 1 heterocycles. The SMILES string of the molecule is CC(C)(C)c1ccccc1Oc1ncccc1NC(=O)NC1C2CC3CC(C2)CC1C3. The first-order valence-corrected chi connectivity index (χ1v) is 11.7. The molecule has 0 saturated heterocycles. The summed E-state index contributed by atoms with van der Waals surface area (Å²) in [6.45, 7) is 6.47. The Bertz CT molecular complexity index is 937. The average molecular weight is 420 g/mol. The molecule has 4 saturated carbocycles. The third-order valence-electron chi connectivity index (χ3n) is 7.45. The molecular weight excluding hydrogens is 386 g/mol. The molecule has 0 atom stereocenters. The summed E-state index contributed by atoms with van der Waals surface area (Å²) in [7, 11) is 0. The fourth-order valence-electron chi connectivity index (χ4n) is 6.32. The van der Waals surface area contributed by atoms with Crippen molar-refractivity contribution in [3.05, 3.63) is 48.2 Å². The number of anilines is 1. The maximum absolute atomic E-state index is 12.9. The topological polar surface area (TPSA) is 63.2 Å². The molecule has 4 aliphatic rings. The van der Waals surface area contributed by atoms with E-state index in [1.807, 2.05) is 30.3 Å². The minimum absolute atomic E-state index is 0.0597. The lowest BCUT2D eigenvalue weighted by Crippen LogP contribution is -2.56. The van der Waals surface area contributed by atoms with E-state index in [0.29, 0.717) is 29.4 Å². The van der Waals surface area contributed by atoms with Crippen molar-refractivity contribution < 1.29 is 9.53 Å². The number of benzene rings is 1. The fourth-order valence-corrected chi connectivity index (χ4v) is 6.32. The molecule has 0 radical (unpaired) electrons. The fraction of sp³-hybridized carbons (Fsp3) is 0.538. The highest BCUT2D eigenvalue weighted by Gasteiger charge is 2.48. The predicted octanol–water partition coefficient (Wildman–Crippen LogP) is 6.12. The molecule has 2 amide bonds. The number of pyridine rings is 1. The number of carbonyl (C=O) groups is 1. The lowest BCUT2D eigenvalue weighted by atomic mass is 9.54. The Kier molecular flexibility index (Phi) is 5.15. The number of urea groups is 1. The monoisotopic (exact) mass is 419 g/mol. The van der Waals surface area contributed by atoms with Crippen LogP contribution in [0.5, 0.6) is 11.6 Å². The van der Waals surface area contributed by atoms with Crippen LogP contribution in [0.2, 0.25) is 0 Å². The number of nitrogens with zero attached hydrogens (tertiary/aromatic N) is 1. The lowest BCUT2D eigenvalue weighted by molar-refractivity contribution is -0.00883. The van der Waals surface area contributed by atoms with Crippen molar-refractivity contribution in [2.75, 3.05) is 5.32 Å². The zero-order chi connectivity index (χ0) is 21.6. The summed E-state index contributed by atoms with van der Waals surface area (Å²) in [5.74, 6) is 4.25. The molecule has 4 aliphatic carbocycles. The van der Waals surface area contributed by atoms with E-state index in [4.69, 9.17) is 4.74 Å². The smallest absolute Gasteiger partial charge is 0.319 e. The van der Waals surface area contributed by atoms with Crippen molar-refractivity contribution in [3.63, 3.8) is 0 Å². The van der Waals surface area contributed by atoms with E-state index >= 15 is 0 Å². The van der Waals surface area contributed by atoms with Gasteiger partial charge >= 0.3 is 6.03 Å². The summed E-state index contributed by atoms with van der Waals surface area (Å²) in [6, 6.07) is 11.8. The summed E-state index contributed by atoms with van der Waals surface area (Å²) in [5, 5.41) is 6.31. The van der Waals surface area contributed by atoms with Crippen molar-refractivity contribution in [2.24, 2.45) is 23.7 Å². The van der Waals surface area contributed by atoms with Gasteiger partial charge in [-0.25, -0.2) is 9.78 Å². The van der Waals surface area contributed by atoms with Crippen LogP contribution in [0.25, 0.3) is 0 Å². The Labute approximate surface area is 185 Å². The first-order chi connectivity index (χ1) is 14.9. The highest BCUT2D eigenvalue weighted by molar-refractivity contribution is 5.90. The summed E-state index contributed by atoms with van der Waals surface area (Å²) in [4.78, 5) is 17.3. The summed E-state index contributed by atoms with van der Waals surface area (Å²) < 4.78 is 6.20. The second kappa shape index (κ2) is 7.85. The molecule has 2 aromatic rings. The highest BCUT2D eigenvalue weighted by Crippen LogP contribution is 2.53. The van der Waals surface area contributed by atoms with E-state index in [9.17, 15) is 4.79 Å². The van der Waals surface area contributed by atoms with E-state index in [-0.39, 0.29) is 11.4 Å². The Morgan fingerprint density at radius 3 is 2.32 bits per heavy atom. The third kappa shape index (κ3) is 4.15. The van der Waals surface area contributed by atoms with Crippen LogP contribution < -0.4 is 15.4 Å². The molecule has 5 heteroatoms. The molecule has 2 N–H and O–H groups in total. The largest absolute Gasteiger partial charge is 0.437 e. The van der Waals surface area contributed by atoms with Gasteiger partial charge in [-0.05, 0) is 79.4 Å². The Balaban J connectivity index is 1.30. The van der Waals surface area contributed by atoms with Crippen LogP contribution in [0.15, 0.2) is 42.6 Å². The molecule has 1 aromatic heterocycles. The van der Waals surface area contributed by atoms with Gasteiger partial charge in [0.2, 0.25) is 5.88 Å². The second-order valence-corrected chi connectivity index (χ2v) is 10.8. The van der Waals surface area contributed by atoms with Gasteiger partial charge in [-0.3, -0.25) is 0 Å². The first-order valence-electron chi connectivity index (χ1n) is 11.7. The number of aromatic nitrogens is 1. The van der Waals surface area contributed by atoms with E-state index in [2.05, 4.69) is 42.5 Å². The Hall–Kier alpha value is -2.56. The molecule has 31 heavy (non-hydrogen) atoms. The average Bonchev–Trinajstić information content (AvgIpc) is 2.71. The van der Waals surface area contributed by atoms with Crippen molar-refractivity contribution >= 4 is 11.7 Å². The summed E-state index contributed by atoms with van der Waals surface area (Å²) >= 11 is 0. The summed E-state index contributed by atoms with van der Waals surface area (Å²) in [6.07, 6.45) is 8.23. The van der Waals surface area contributed by atoms with Crippen LogP contribution in [-0.4, -0.2) is 17.1 Å². The number of ether oxygens (including phenoxy) is 1. The minimum Gasteiger partial charge on any atom is -0.437 e. The quantitative estimate of drug-likeness (QED) is 0.628. The Morgan fingerprint density at radius 2 is 1.65 bits per heavy atom. The minimum atomic E-state index is -0.153. The molecule has 164 valence electrons. The van der Waals surface area contributed by atoms with Gasteiger partial charge < -0.3 is 15.4 Å².